The van der Waals surface area contributed by atoms with E-state index in [1.165, 1.54) is 6.92 Å². The van der Waals surface area contributed by atoms with Crippen LogP contribution >= 0.6 is 0 Å². The molecule has 1 rings (SSSR count). The van der Waals surface area contributed by atoms with Gasteiger partial charge in [-0.05, 0) is 20.8 Å². The van der Waals surface area contributed by atoms with Crippen molar-refractivity contribution in [1.82, 2.24) is 4.98 Å². The first-order chi connectivity index (χ1) is 9.16. The Hall–Kier alpha value is -1.99. The van der Waals surface area contributed by atoms with Crippen LogP contribution in [0.4, 0.5) is 13.2 Å². The lowest BCUT2D eigenvalue weighted by Crippen LogP contribution is -2.26. The van der Waals surface area contributed by atoms with E-state index >= 15 is 0 Å². The molecule has 5 nitrogen and oxygen atoms in total. The predicted octanol–water partition coefficient (Wildman–Crippen LogP) is 2.36. The molecule has 1 heterocycles. The molecule has 0 amide bonds. The molecule has 0 saturated carbocycles. The molecule has 112 valence electrons. The van der Waals surface area contributed by atoms with E-state index in [0.717, 1.165) is 6.07 Å². The first-order valence-electron chi connectivity index (χ1n) is 5.85. The zero-order valence-corrected chi connectivity index (χ0v) is 11.1. The van der Waals surface area contributed by atoms with E-state index in [1.54, 1.807) is 13.8 Å². The minimum Gasteiger partial charge on any atom is -0.476 e. The minimum absolute atomic E-state index is 0.139. The molecular formula is C12H14F3NO4. The number of pyridine rings is 1. The highest BCUT2D eigenvalue weighted by Gasteiger charge is 2.39. The number of carbonyl (C=O) groups is 1. The molecule has 20 heavy (non-hydrogen) atoms. The highest BCUT2D eigenvalue weighted by atomic mass is 19.4. The standard InChI is InChI=1S/C12H14F3NO4/c1-4-19-11(18)9-7(17)5-8(20-6(2)3)16-10(9)12(13,14)15/h5-6H,4H2,1-3H3,(H,16,17). The number of aromatic nitrogens is 1. The number of halogens is 3. The fraction of sp³-hybridized carbons (Fsp3) is 0.500. The summed E-state index contributed by atoms with van der Waals surface area (Å²) >= 11 is 0. The second-order valence-electron chi connectivity index (χ2n) is 4.13. The van der Waals surface area contributed by atoms with E-state index in [9.17, 15) is 22.8 Å². The largest absolute Gasteiger partial charge is 0.476 e. The predicted molar refractivity (Wildman–Crippen MR) is 63.8 cm³/mol. The number of H-pyrrole nitrogens is 1. The van der Waals surface area contributed by atoms with Crippen LogP contribution in [0.1, 0.15) is 36.8 Å². The van der Waals surface area contributed by atoms with Gasteiger partial charge in [-0.3, -0.25) is 4.79 Å². The van der Waals surface area contributed by atoms with E-state index < -0.39 is 34.9 Å². The summed E-state index contributed by atoms with van der Waals surface area (Å²) in [6.07, 6.45) is -5.34. The fourth-order valence-corrected chi connectivity index (χ4v) is 1.47. The number of rotatable bonds is 4. The van der Waals surface area contributed by atoms with Gasteiger partial charge in [-0.15, -0.1) is 0 Å². The van der Waals surface area contributed by atoms with Crippen molar-refractivity contribution in [2.45, 2.75) is 33.1 Å². The minimum atomic E-state index is -4.91. The Labute approximate surface area is 112 Å². The Morgan fingerprint density at radius 3 is 2.45 bits per heavy atom. The van der Waals surface area contributed by atoms with E-state index in [2.05, 4.69) is 4.74 Å². The van der Waals surface area contributed by atoms with Gasteiger partial charge in [-0.25, -0.2) is 4.79 Å². The molecule has 0 bridgehead atoms. The van der Waals surface area contributed by atoms with Crippen LogP contribution in [0.25, 0.3) is 0 Å². The van der Waals surface area contributed by atoms with Crippen LogP contribution in [0.2, 0.25) is 0 Å². The lowest BCUT2D eigenvalue weighted by Gasteiger charge is -2.15. The average Bonchev–Trinajstić information content (AvgIpc) is 2.26. The van der Waals surface area contributed by atoms with E-state index in [0.29, 0.717) is 0 Å². The number of hydrogen-bond acceptors (Lipinski definition) is 4. The highest BCUT2D eigenvalue weighted by Crippen LogP contribution is 2.30. The normalized spacial score (nSPS) is 11.6. The van der Waals surface area contributed by atoms with Crippen LogP contribution in [0.3, 0.4) is 0 Å². The number of esters is 1. The van der Waals surface area contributed by atoms with Gasteiger partial charge in [-0.2, -0.15) is 13.2 Å². The Kier molecular flexibility index (Phi) is 4.80. The average molecular weight is 293 g/mol. The summed E-state index contributed by atoms with van der Waals surface area (Å²) in [4.78, 5) is 25.1. The molecule has 0 saturated heterocycles. The molecule has 0 unspecified atom stereocenters. The zero-order chi connectivity index (χ0) is 15.5. The number of carbonyl (C=O) groups excluding carboxylic acids is 1. The first kappa shape index (κ1) is 16.1. The van der Waals surface area contributed by atoms with Crippen LogP contribution in [0.15, 0.2) is 10.9 Å². The van der Waals surface area contributed by atoms with Crippen LogP contribution < -0.4 is 10.2 Å². The number of ether oxygens (including phenoxy) is 2. The lowest BCUT2D eigenvalue weighted by atomic mass is 10.1. The molecule has 8 heteroatoms. The quantitative estimate of drug-likeness (QED) is 0.865. The van der Waals surface area contributed by atoms with E-state index in [4.69, 9.17) is 4.74 Å². The summed E-state index contributed by atoms with van der Waals surface area (Å²) < 4.78 is 48.2. The van der Waals surface area contributed by atoms with Crippen LogP contribution in [-0.2, 0) is 10.9 Å². The van der Waals surface area contributed by atoms with Crippen LogP contribution in [0, 0.1) is 0 Å². The number of aromatic amines is 1. The summed E-state index contributed by atoms with van der Waals surface area (Å²) in [6.45, 7) is 4.46. The maximum atomic E-state index is 12.9. The maximum absolute atomic E-state index is 12.9. The van der Waals surface area contributed by atoms with Gasteiger partial charge in [0.25, 0.3) is 0 Å². The lowest BCUT2D eigenvalue weighted by molar-refractivity contribution is -0.142. The van der Waals surface area contributed by atoms with Gasteiger partial charge in [0.15, 0.2) is 5.88 Å². The number of hydrogen-bond donors (Lipinski definition) is 1. The molecule has 0 fully saturated rings. The zero-order valence-electron chi connectivity index (χ0n) is 11.1. The van der Waals surface area contributed by atoms with Crippen molar-refractivity contribution in [2.24, 2.45) is 0 Å². The summed E-state index contributed by atoms with van der Waals surface area (Å²) in [5.74, 6) is -1.68. The second-order valence-corrected chi connectivity index (χ2v) is 4.13. The van der Waals surface area contributed by atoms with Crippen molar-refractivity contribution < 1.29 is 27.4 Å². The van der Waals surface area contributed by atoms with Crippen molar-refractivity contribution in [1.29, 1.82) is 0 Å². The second kappa shape index (κ2) is 5.98. The number of alkyl halides is 3. The van der Waals surface area contributed by atoms with Gasteiger partial charge in [0.2, 0.25) is 5.43 Å². The molecule has 1 aromatic rings. The van der Waals surface area contributed by atoms with Crippen molar-refractivity contribution in [3.05, 3.63) is 27.5 Å². The third-order valence-corrected chi connectivity index (χ3v) is 2.13. The molecule has 1 N–H and O–H groups in total. The molecule has 0 aliphatic rings. The fourth-order valence-electron chi connectivity index (χ4n) is 1.47. The molecular weight excluding hydrogens is 279 g/mol. The molecule has 1 aromatic heterocycles. The number of nitrogens with one attached hydrogen (secondary N) is 1. The topological polar surface area (TPSA) is 68.4 Å². The SMILES string of the molecule is CCOC(=O)c1c(C(F)(F)F)[nH]c(OC(C)C)cc1=O. The monoisotopic (exact) mass is 293 g/mol. The van der Waals surface area contributed by atoms with Crippen LogP contribution in [0.5, 0.6) is 5.88 Å². The van der Waals surface area contributed by atoms with Crippen molar-refractivity contribution >= 4 is 5.97 Å². The van der Waals surface area contributed by atoms with Crippen molar-refractivity contribution in [3.8, 4) is 5.88 Å². The third-order valence-electron chi connectivity index (χ3n) is 2.13. The third kappa shape index (κ3) is 3.75. The van der Waals surface area contributed by atoms with Gasteiger partial charge >= 0.3 is 12.1 Å². The molecule has 0 spiro atoms. The Balaban J connectivity index is 3.43. The molecule has 0 aliphatic heterocycles. The summed E-state index contributed by atoms with van der Waals surface area (Å²) in [6, 6.07) is 0.793. The smallest absolute Gasteiger partial charge is 0.432 e. The molecule has 0 aromatic carbocycles. The molecule has 0 radical (unpaired) electrons. The highest BCUT2D eigenvalue weighted by molar-refractivity contribution is 5.90. The summed E-state index contributed by atoms with van der Waals surface area (Å²) in [7, 11) is 0. The summed E-state index contributed by atoms with van der Waals surface area (Å²) in [5, 5.41) is 0. The van der Waals surface area contributed by atoms with Gasteiger partial charge in [-0.1, -0.05) is 0 Å². The maximum Gasteiger partial charge on any atom is 0.432 e. The summed E-state index contributed by atoms with van der Waals surface area (Å²) in [5.41, 5.74) is -3.65. The Morgan fingerprint density at radius 2 is 2.00 bits per heavy atom. The van der Waals surface area contributed by atoms with Crippen molar-refractivity contribution in [2.75, 3.05) is 6.61 Å². The van der Waals surface area contributed by atoms with E-state index in [-0.39, 0.29) is 12.5 Å². The molecule has 0 atom stereocenters. The van der Waals surface area contributed by atoms with Gasteiger partial charge in [0.05, 0.1) is 12.7 Å². The Bertz CT molecular complexity index is 549. The first-order valence-corrected chi connectivity index (χ1v) is 5.85. The Morgan fingerprint density at radius 1 is 1.40 bits per heavy atom. The van der Waals surface area contributed by atoms with Gasteiger partial charge in [0.1, 0.15) is 11.3 Å². The van der Waals surface area contributed by atoms with E-state index in [1.807, 2.05) is 4.98 Å². The van der Waals surface area contributed by atoms with Crippen LogP contribution in [-0.4, -0.2) is 23.7 Å². The van der Waals surface area contributed by atoms with Gasteiger partial charge < -0.3 is 14.5 Å². The molecule has 0 aliphatic carbocycles. The van der Waals surface area contributed by atoms with Gasteiger partial charge in [0, 0.05) is 6.07 Å². The van der Waals surface area contributed by atoms with Crippen molar-refractivity contribution in [3.63, 3.8) is 0 Å².